The molecule has 2 amide bonds. The molecule has 2 saturated carbocycles. The maximum atomic E-state index is 12.2. The Hall–Kier alpha value is -0.150. The molecular weight excluding hydrogens is 271 g/mol. The molecule has 0 atom stereocenters. The van der Waals surface area contributed by atoms with Gasteiger partial charge in [-0.3, -0.25) is 0 Å². The van der Waals surface area contributed by atoms with Crippen LogP contribution in [0.2, 0.25) is 0 Å². The van der Waals surface area contributed by atoms with Gasteiger partial charge in [-0.15, -0.1) is 0 Å². The van der Waals surface area contributed by atoms with E-state index in [0.29, 0.717) is 0 Å². The maximum Gasteiger partial charge on any atom is 0.349 e. The third kappa shape index (κ3) is 3.45. The van der Waals surface area contributed by atoms with Gasteiger partial charge < -0.3 is 0 Å². The van der Waals surface area contributed by atoms with Crippen LogP contribution in [0.4, 0.5) is 4.79 Å². The first-order valence-corrected chi connectivity index (χ1v) is 7.81. The van der Waals surface area contributed by atoms with Crippen LogP contribution in [0.1, 0.15) is 64.2 Å². The quantitative estimate of drug-likeness (QED) is 0.678. The standard InChI is InChI=1S/C13H22Cl2N2O/c14-16(11-7-3-1-4-8-11)13(18)17(15)12-9-5-2-6-10-12/h11-12H,1-10H2. The number of carbonyl (C=O) groups is 1. The third-order valence-corrected chi connectivity index (χ3v) is 5.00. The van der Waals surface area contributed by atoms with Gasteiger partial charge in [-0.1, -0.05) is 38.5 Å². The van der Waals surface area contributed by atoms with Crippen molar-refractivity contribution in [3.63, 3.8) is 0 Å². The number of hydrogen-bond acceptors (Lipinski definition) is 1. The van der Waals surface area contributed by atoms with Crippen LogP contribution in [-0.2, 0) is 0 Å². The van der Waals surface area contributed by atoms with Crippen molar-refractivity contribution < 1.29 is 4.79 Å². The van der Waals surface area contributed by atoms with E-state index in [1.165, 1.54) is 21.7 Å². The highest BCUT2D eigenvalue weighted by Gasteiger charge is 2.31. The molecule has 5 heteroatoms. The van der Waals surface area contributed by atoms with E-state index in [4.69, 9.17) is 23.6 Å². The normalized spacial score (nSPS) is 22.8. The zero-order chi connectivity index (χ0) is 13.0. The number of amides is 2. The first kappa shape index (κ1) is 14.3. The van der Waals surface area contributed by atoms with Gasteiger partial charge in [0.1, 0.15) is 0 Å². The van der Waals surface area contributed by atoms with Crippen molar-refractivity contribution in [1.29, 1.82) is 0 Å². The Labute approximate surface area is 120 Å². The summed E-state index contributed by atoms with van der Waals surface area (Å²) in [4.78, 5) is 12.2. The molecule has 3 nitrogen and oxygen atoms in total. The van der Waals surface area contributed by atoms with E-state index >= 15 is 0 Å². The maximum absolute atomic E-state index is 12.2. The first-order valence-electron chi connectivity index (χ1n) is 7.14. The number of urea groups is 1. The molecule has 2 aliphatic carbocycles. The predicted molar refractivity (Wildman–Crippen MR) is 74.5 cm³/mol. The lowest BCUT2D eigenvalue weighted by Gasteiger charge is -2.34. The van der Waals surface area contributed by atoms with Gasteiger partial charge in [-0.05, 0) is 25.7 Å². The van der Waals surface area contributed by atoms with Gasteiger partial charge in [0.15, 0.2) is 0 Å². The fourth-order valence-electron chi connectivity index (χ4n) is 3.02. The average Bonchev–Trinajstić information content (AvgIpc) is 2.47. The monoisotopic (exact) mass is 292 g/mol. The van der Waals surface area contributed by atoms with Crippen molar-refractivity contribution in [3.05, 3.63) is 0 Å². The van der Waals surface area contributed by atoms with Gasteiger partial charge in [0.05, 0.1) is 12.1 Å². The average molecular weight is 293 g/mol. The molecule has 0 bridgehead atoms. The van der Waals surface area contributed by atoms with E-state index in [1.54, 1.807) is 0 Å². The molecule has 104 valence electrons. The zero-order valence-corrected chi connectivity index (χ0v) is 12.3. The van der Waals surface area contributed by atoms with Crippen molar-refractivity contribution in [2.24, 2.45) is 0 Å². The summed E-state index contributed by atoms with van der Waals surface area (Å²) in [7, 11) is 0. The van der Waals surface area contributed by atoms with E-state index in [2.05, 4.69) is 0 Å². The summed E-state index contributed by atoms with van der Waals surface area (Å²) in [6.45, 7) is 0. The predicted octanol–water partition coefficient (Wildman–Crippen LogP) is 4.68. The summed E-state index contributed by atoms with van der Waals surface area (Å²) in [5.41, 5.74) is 0. The Balaban J connectivity index is 1.87. The van der Waals surface area contributed by atoms with Crippen LogP contribution in [-0.4, -0.2) is 27.0 Å². The lowest BCUT2D eigenvalue weighted by atomic mass is 9.95. The minimum atomic E-state index is -0.225. The van der Waals surface area contributed by atoms with Crippen molar-refractivity contribution in [2.75, 3.05) is 0 Å². The molecule has 2 fully saturated rings. The Morgan fingerprint density at radius 1 is 0.722 bits per heavy atom. The molecule has 0 saturated heterocycles. The van der Waals surface area contributed by atoms with Gasteiger partial charge >= 0.3 is 6.03 Å². The summed E-state index contributed by atoms with van der Waals surface area (Å²) >= 11 is 12.4. The minimum absolute atomic E-state index is 0.165. The zero-order valence-electron chi connectivity index (χ0n) is 10.8. The molecule has 0 heterocycles. The highest BCUT2D eigenvalue weighted by molar-refractivity contribution is 6.27. The molecule has 0 N–H and O–H groups in total. The Morgan fingerprint density at radius 2 is 1.06 bits per heavy atom. The van der Waals surface area contributed by atoms with Crippen LogP contribution >= 0.6 is 23.6 Å². The second-order valence-corrected chi connectivity index (χ2v) is 6.22. The summed E-state index contributed by atoms with van der Waals surface area (Å²) < 4.78 is 2.70. The molecule has 0 aromatic carbocycles. The highest BCUT2D eigenvalue weighted by atomic mass is 35.5. The van der Waals surface area contributed by atoms with E-state index < -0.39 is 0 Å². The van der Waals surface area contributed by atoms with E-state index in [9.17, 15) is 4.79 Å². The number of nitrogens with zero attached hydrogens (tertiary/aromatic N) is 2. The molecule has 18 heavy (non-hydrogen) atoms. The highest BCUT2D eigenvalue weighted by Crippen LogP contribution is 2.29. The van der Waals surface area contributed by atoms with Gasteiger partial charge in [-0.25, -0.2) is 13.6 Å². The molecule has 0 aromatic heterocycles. The summed E-state index contributed by atoms with van der Waals surface area (Å²) in [6.07, 6.45) is 11.2. The van der Waals surface area contributed by atoms with Crippen LogP contribution < -0.4 is 0 Å². The SMILES string of the molecule is O=C(N(Cl)C1CCCCC1)N(Cl)C1CCCCC1. The van der Waals surface area contributed by atoms with Crippen molar-refractivity contribution in [1.82, 2.24) is 8.84 Å². The van der Waals surface area contributed by atoms with Crippen LogP contribution in [0.5, 0.6) is 0 Å². The molecule has 2 aliphatic rings. The van der Waals surface area contributed by atoms with Crippen molar-refractivity contribution in [2.45, 2.75) is 76.3 Å². The second kappa shape index (κ2) is 6.85. The number of halogens is 2. The summed E-state index contributed by atoms with van der Waals surface area (Å²) in [5, 5.41) is 0. The lowest BCUT2D eigenvalue weighted by Crippen LogP contribution is -2.44. The van der Waals surface area contributed by atoms with E-state index in [1.807, 2.05) is 0 Å². The van der Waals surface area contributed by atoms with Gasteiger partial charge in [0, 0.05) is 23.6 Å². The van der Waals surface area contributed by atoms with Gasteiger partial charge in [0.2, 0.25) is 0 Å². The molecule has 2 rings (SSSR count). The van der Waals surface area contributed by atoms with Gasteiger partial charge in [0.25, 0.3) is 0 Å². The van der Waals surface area contributed by atoms with E-state index in [-0.39, 0.29) is 18.1 Å². The summed E-state index contributed by atoms with van der Waals surface area (Å²) in [5.74, 6) is 0. The number of rotatable bonds is 2. The lowest BCUT2D eigenvalue weighted by molar-refractivity contribution is 0.166. The van der Waals surface area contributed by atoms with Crippen molar-refractivity contribution >= 4 is 29.6 Å². The first-order chi connectivity index (χ1) is 8.70. The second-order valence-electron chi connectivity index (χ2n) is 5.49. The molecular formula is C13H22Cl2N2O. The molecule has 0 radical (unpaired) electrons. The topological polar surface area (TPSA) is 23.6 Å². The third-order valence-electron chi connectivity index (χ3n) is 4.16. The van der Waals surface area contributed by atoms with Crippen LogP contribution in [0, 0.1) is 0 Å². The van der Waals surface area contributed by atoms with Crippen LogP contribution in [0.3, 0.4) is 0 Å². The molecule has 0 aromatic rings. The fraction of sp³-hybridized carbons (Fsp3) is 0.923. The van der Waals surface area contributed by atoms with Crippen LogP contribution in [0.25, 0.3) is 0 Å². The Kier molecular flexibility index (Phi) is 5.43. The molecule has 0 unspecified atom stereocenters. The van der Waals surface area contributed by atoms with E-state index in [0.717, 1.165) is 51.4 Å². The van der Waals surface area contributed by atoms with Crippen molar-refractivity contribution in [3.8, 4) is 0 Å². The Bertz CT molecular complexity index is 250. The smallest absolute Gasteiger partial charge is 0.246 e. The summed E-state index contributed by atoms with van der Waals surface area (Å²) in [6, 6.07) is 0.104. The van der Waals surface area contributed by atoms with Crippen LogP contribution in [0.15, 0.2) is 0 Å². The number of carbonyl (C=O) groups excluding carboxylic acids is 1. The minimum Gasteiger partial charge on any atom is -0.246 e. The number of hydrogen-bond donors (Lipinski definition) is 0. The molecule has 0 spiro atoms. The fourth-order valence-corrected chi connectivity index (χ4v) is 3.61. The Morgan fingerprint density at radius 3 is 1.39 bits per heavy atom. The van der Waals surface area contributed by atoms with Gasteiger partial charge in [-0.2, -0.15) is 0 Å². The largest absolute Gasteiger partial charge is 0.349 e. The molecule has 0 aliphatic heterocycles.